The number of halogens is 2. The van der Waals surface area contributed by atoms with E-state index in [4.69, 9.17) is 11.6 Å². The van der Waals surface area contributed by atoms with Gasteiger partial charge in [0.05, 0.1) is 5.02 Å². The van der Waals surface area contributed by atoms with Crippen molar-refractivity contribution in [3.63, 3.8) is 0 Å². The molecule has 3 rings (SSSR count). The van der Waals surface area contributed by atoms with Crippen LogP contribution in [0.15, 0.2) is 65.7 Å². The summed E-state index contributed by atoms with van der Waals surface area (Å²) in [5, 5.41) is 2.58. The molecule has 0 saturated carbocycles. The van der Waals surface area contributed by atoms with Crippen molar-refractivity contribution in [1.29, 1.82) is 0 Å². The van der Waals surface area contributed by atoms with E-state index in [2.05, 4.69) is 15.0 Å². The van der Waals surface area contributed by atoms with E-state index in [1.165, 1.54) is 36.5 Å². The van der Waals surface area contributed by atoms with Gasteiger partial charge >= 0.3 is 0 Å². The second-order valence-corrected chi connectivity index (χ2v) is 7.94. The number of benzene rings is 2. The molecule has 0 aliphatic rings. The van der Waals surface area contributed by atoms with Crippen molar-refractivity contribution in [2.45, 2.75) is 11.8 Å². The first-order valence-corrected chi connectivity index (χ1v) is 9.93. The SMILES string of the molecule is Cc1cccnc1NC(=O)c1ccc(Cl)c(S(=O)(=O)Nc2ccc(F)cc2)c1. The highest BCUT2D eigenvalue weighted by atomic mass is 35.5. The molecule has 1 amide bonds. The topological polar surface area (TPSA) is 88.2 Å². The molecule has 0 fully saturated rings. The zero-order chi connectivity index (χ0) is 20.3. The Morgan fingerprint density at radius 3 is 2.50 bits per heavy atom. The van der Waals surface area contributed by atoms with Gasteiger partial charge in [0.1, 0.15) is 16.5 Å². The van der Waals surface area contributed by atoms with Crippen LogP contribution in [0, 0.1) is 12.7 Å². The van der Waals surface area contributed by atoms with Crippen LogP contribution in [0.2, 0.25) is 5.02 Å². The minimum absolute atomic E-state index is 0.0554. The zero-order valence-electron chi connectivity index (χ0n) is 14.6. The molecule has 3 aromatic rings. The molecule has 0 unspecified atom stereocenters. The predicted octanol–water partition coefficient (Wildman–Crippen LogP) is 4.24. The van der Waals surface area contributed by atoms with Crippen molar-refractivity contribution in [2.24, 2.45) is 0 Å². The van der Waals surface area contributed by atoms with E-state index in [0.29, 0.717) is 5.82 Å². The summed E-state index contributed by atoms with van der Waals surface area (Å²) in [5.74, 6) is -0.655. The van der Waals surface area contributed by atoms with E-state index < -0.39 is 21.7 Å². The lowest BCUT2D eigenvalue weighted by atomic mass is 10.2. The van der Waals surface area contributed by atoms with E-state index in [1.54, 1.807) is 19.1 Å². The highest BCUT2D eigenvalue weighted by Crippen LogP contribution is 2.25. The number of carbonyl (C=O) groups is 1. The lowest BCUT2D eigenvalue weighted by Crippen LogP contribution is -2.17. The Bertz CT molecular complexity index is 1140. The van der Waals surface area contributed by atoms with Gasteiger partial charge in [0.25, 0.3) is 15.9 Å². The van der Waals surface area contributed by atoms with Crippen LogP contribution < -0.4 is 10.0 Å². The lowest BCUT2D eigenvalue weighted by Gasteiger charge is -2.12. The Morgan fingerprint density at radius 2 is 1.82 bits per heavy atom. The van der Waals surface area contributed by atoms with Crippen LogP contribution in [-0.2, 0) is 10.0 Å². The van der Waals surface area contributed by atoms with Crippen LogP contribution in [0.4, 0.5) is 15.9 Å². The van der Waals surface area contributed by atoms with Gasteiger partial charge in [-0.2, -0.15) is 0 Å². The highest BCUT2D eigenvalue weighted by Gasteiger charge is 2.21. The van der Waals surface area contributed by atoms with Gasteiger partial charge < -0.3 is 5.32 Å². The van der Waals surface area contributed by atoms with E-state index in [9.17, 15) is 17.6 Å². The molecule has 2 N–H and O–H groups in total. The maximum absolute atomic E-state index is 13.0. The van der Waals surface area contributed by atoms with Gasteiger partial charge in [0.2, 0.25) is 0 Å². The molecule has 9 heteroatoms. The number of aromatic nitrogens is 1. The van der Waals surface area contributed by atoms with Crippen LogP contribution in [0.3, 0.4) is 0 Å². The van der Waals surface area contributed by atoms with Gasteiger partial charge in [0, 0.05) is 17.4 Å². The van der Waals surface area contributed by atoms with Crippen molar-refractivity contribution in [3.05, 3.63) is 82.8 Å². The van der Waals surface area contributed by atoms with Gasteiger partial charge in [0.15, 0.2) is 0 Å². The number of hydrogen-bond donors (Lipinski definition) is 2. The molecular weight excluding hydrogens is 405 g/mol. The fraction of sp³-hybridized carbons (Fsp3) is 0.0526. The first kappa shape index (κ1) is 19.8. The van der Waals surface area contributed by atoms with Crippen LogP contribution in [0.25, 0.3) is 0 Å². The minimum atomic E-state index is -4.09. The first-order chi connectivity index (χ1) is 13.3. The molecule has 0 aliphatic heterocycles. The summed E-state index contributed by atoms with van der Waals surface area (Å²) in [7, 11) is -4.09. The third-order valence-corrected chi connectivity index (χ3v) is 5.68. The van der Waals surface area contributed by atoms with Gasteiger partial charge in [-0.05, 0) is 61.0 Å². The molecule has 2 aromatic carbocycles. The number of carbonyl (C=O) groups excluding carboxylic acids is 1. The number of amides is 1. The summed E-state index contributed by atoms with van der Waals surface area (Å²) in [5.41, 5.74) is 1.01. The van der Waals surface area contributed by atoms with Crippen molar-refractivity contribution >= 4 is 39.0 Å². The van der Waals surface area contributed by atoms with Crippen molar-refractivity contribution in [1.82, 2.24) is 4.98 Å². The Balaban J connectivity index is 1.89. The zero-order valence-corrected chi connectivity index (χ0v) is 16.2. The standard InChI is InChI=1S/C19H15ClFN3O3S/c1-12-3-2-10-22-18(12)23-19(25)13-4-9-16(20)17(11-13)28(26,27)24-15-7-5-14(21)6-8-15/h2-11,24H,1H3,(H,22,23,25). The largest absolute Gasteiger partial charge is 0.306 e. The number of hydrogen-bond acceptors (Lipinski definition) is 4. The quantitative estimate of drug-likeness (QED) is 0.647. The molecule has 144 valence electrons. The fourth-order valence-corrected chi connectivity index (χ4v) is 3.96. The second-order valence-electron chi connectivity index (χ2n) is 5.88. The summed E-state index contributed by atoms with van der Waals surface area (Å²) in [6.45, 7) is 1.78. The van der Waals surface area contributed by atoms with E-state index in [1.807, 2.05) is 0 Å². The second kappa shape index (κ2) is 7.95. The monoisotopic (exact) mass is 419 g/mol. The molecule has 1 aromatic heterocycles. The van der Waals surface area contributed by atoms with Gasteiger partial charge in [-0.3, -0.25) is 9.52 Å². The van der Waals surface area contributed by atoms with E-state index >= 15 is 0 Å². The Hall–Kier alpha value is -2.97. The highest BCUT2D eigenvalue weighted by molar-refractivity contribution is 7.92. The molecule has 0 spiro atoms. The molecule has 0 saturated heterocycles. The average Bonchev–Trinajstić information content (AvgIpc) is 2.65. The molecular formula is C19H15ClFN3O3S. The maximum Gasteiger partial charge on any atom is 0.263 e. The van der Waals surface area contributed by atoms with E-state index in [-0.39, 0.29) is 21.2 Å². The predicted molar refractivity (Wildman–Crippen MR) is 106 cm³/mol. The van der Waals surface area contributed by atoms with Crippen molar-refractivity contribution in [2.75, 3.05) is 10.0 Å². The normalized spacial score (nSPS) is 11.1. The Labute approximate surface area is 166 Å². The average molecular weight is 420 g/mol. The lowest BCUT2D eigenvalue weighted by molar-refractivity contribution is 0.102. The number of aryl methyl sites for hydroxylation is 1. The minimum Gasteiger partial charge on any atom is -0.306 e. The molecule has 0 bridgehead atoms. The van der Waals surface area contributed by atoms with Crippen LogP contribution in [0.1, 0.15) is 15.9 Å². The third-order valence-electron chi connectivity index (χ3n) is 3.82. The summed E-state index contributed by atoms with van der Waals surface area (Å²) in [6, 6.07) is 12.2. The number of sulfonamides is 1. The third kappa shape index (κ3) is 4.47. The van der Waals surface area contributed by atoms with Crippen LogP contribution in [0.5, 0.6) is 0 Å². The van der Waals surface area contributed by atoms with Gasteiger partial charge in [-0.1, -0.05) is 17.7 Å². The molecule has 0 aliphatic carbocycles. The number of anilines is 2. The first-order valence-electron chi connectivity index (χ1n) is 8.07. The summed E-state index contributed by atoms with van der Waals surface area (Å²) in [6.07, 6.45) is 1.53. The molecule has 0 atom stereocenters. The summed E-state index contributed by atoms with van der Waals surface area (Å²) < 4.78 is 40.6. The molecule has 28 heavy (non-hydrogen) atoms. The Morgan fingerprint density at radius 1 is 1.11 bits per heavy atom. The van der Waals surface area contributed by atoms with Crippen molar-refractivity contribution < 1.29 is 17.6 Å². The summed E-state index contributed by atoms with van der Waals surface area (Å²) in [4.78, 5) is 16.3. The molecule has 6 nitrogen and oxygen atoms in total. The smallest absolute Gasteiger partial charge is 0.263 e. The molecule has 0 radical (unpaired) electrons. The Kier molecular flexibility index (Phi) is 5.62. The number of rotatable bonds is 5. The fourth-order valence-electron chi connectivity index (χ4n) is 2.37. The van der Waals surface area contributed by atoms with Crippen molar-refractivity contribution in [3.8, 4) is 0 Å². The van der Waals surface area contributed by atoms with Crippen LogP contribution in [-0.4, -0.2) is 19.3 Å². The van der Waals surface area contributed by atoms with Crippen LogP contribution >= 0.6 is 11.6 Å². The van der Waals surface area contributed by atoms with E-state index in [0.717, 1.165) is 17.7 Å². The maximum atomic E-state index is 13.0. The van der Waals surface area contributed by atoms with Gasteiger partial charge in [-0.25, -0.2) is 17.8 Å². The number of pyridine rings is 1. The number of nitrogens with one attached hydrogen (secondary N) is 2. The number of nitrogens with zero attached hydrogens (tertiary/aromatic N) is 1. The van der Waals surface area contributed by atoms with Gasteiger partial charge in [-0.15, -0.1) is 0 Å². The summed E-state index contributed by atoms with van der Waals surface area (Å²) >= 11 is 6.04. The molecule has 1 heterocycles.